The average Bonchev–Trinajstić information content (AvgIpc) is 2.90. The Balaban J connectivity index is 1.88. The number of nitrogens with one attached hydrogen (secondary N) is 1. The molecule has 0 saturated carbocycles. The zero-order chi connectivity index (χ0) is 18.8. The number of benzene rings is 2. The van der Waals surface area contributed by atoms with Crippen molar-refractivity contribution in [1.82, 2.24) is 9.55 Å². The van der Waals surface area contributed by atoms with Crippen molar-refractivity contribution in [2.45, 2.75) is 26.5 Å². The Morgan fingerprint density at radius 2 is 1.58 bits per heavy atom. The number of hydrogen-bond donors (Lipinski definition) is 3. The Kier molecular flexibility index (Phi) is 5.20. The lowest BCUT2D eigenvalue weighted by molar-refractivity contribution is 0.209. The van der Waals surface area contributed by atoms with Crippen molar-refractivity contribution in [3.63, 3.8) is 0 Å². The predicted molar refractivity (Wildman–Crippen MR) is 103 cm³/mol. The van der Waals surface area contributed by atoms with Crippen molar-refractivity contribution in [1.29, 1.82) is 0 Å². The van der Waals surface area contributed by atoms with Crippen LogP contribution in [0.5, 0.6) is 5.88 Å². The van der Waals surface area contributed by atoms with Crippen LogP contribution in [-0.4, -0.2) is 19.8 Å². The van der Waals surface area contributed by atoms with Crippen molar-refractivity contribution < 1.29 is 10.2 Å². The number of aromatic nitrogens is 2. The van der Waals surface area contributed by atoms with Gasteiger partial charge in [-0.05, 0) is 34.7 Å². The highest BCUT2D eigenvalue weighted by molar-refractivity contribution is 6.30. The minimum Gasteiger partial charge on any atom is -0.493 e. The molecular weight excluding hydrogens is 352 g/mol. The molecule has 0 aliphatic carbocycles. The zero-order valence-corrected chi connectivity index (χ0v) is 15.4. The van der Waals surface area contributed by atoms with Crippen LogP contribution in [0.1, 0.15) is 31.2 Å². The quantitative estimate of drug-likeness (QED) is 0.634. The zero-order valence-electron chi connectivity index (χ0n) is 14.6. The summed E-state index contributed by atoms with van der Waals surface area (Å²) in [6.45, 7) is 4.28. The van der Waals surface area contributed by atoms with Crippen LogP contribution in [0.3, 0.4) is 0 Å². The molecule has 0 amide bonds. The Morgan fingerprint density at radius 3 is 2.12 bits per heavy atom. The third-order valence-electron chi connectivity index (χ3n) is 4.21. The summed E-state index contributed by atoms with van der Waals surface area (Å²) in [4.78, 5) is 14.6. The molecule has 1 aromatic heterocycles. The summed E-state index contributed by atoms with van der Waals surface area (Å²) in [6.07, 6.45) is -1.12. The number of aromatic amines is 1. The van der Waals surface area contributed by atoms with Gasteiger partial charge in [0.05, 0.1) is 0 Å². The molecule has 1 unspecified atom stereocenters. The molecule has 26 heavy (non-hydrogen) atoms. The standard InChI is InChI=1S/C20H21ClN2O3/c1-12(2)11-23-19(25)17(22-20(23)26)18(24)15-5-3-13(4-6-15)14-7-9-16(21)10-8-14/h3-10,12,18,24-25H,11H2,1-2H3,(H,22,26). The number of aliphatic hydroxyl groups excluding tert-OH is 1. The first-order valence-electron chi connectivity index (χ1n) is 8.42. The minimum absolute atomic E-state index is 0.106. The fraction of sp³-hybridized carbons (Fsp3) is 0.250. The van der Waals surface area contributed by atoms with Gasteiger partial charge in [-0.25, -0.2) is 4.79 Å². The van der Waals surface area contributed by atoms with E-state index < -0.39 is 11.8 Å². The number of hydrogen-bond acceptors (Lipinski definition) is 3. The molecule has 3 aromatic rings. The number of aliphatic hydroxyl groups is 1. The molecule has 136 valence electrons. The Hall–Kier alpha value is -2.50. The van der Waals surface area contributed by atoms with E-state index in [9.17, 15) is 15.0 Å². The fourth-order valence-electron chi connectivity index (χ4n) is 2.87. The van der Waals surface area contributed by atoms with Crippen molar-refractivity contribution in [2.75, 3.05) is 0 Å². The van der Waals surface area contributed by atoms with Crippen molar-refractivity contribution in [2.24, 2.45) is 5.92 Å². The van der Waals surface area contributed by atoms with Crippen molar-refractivity contribution in [3.8, 4) is 17.0 Å². The highest BCUT2D eigenvalue weighted by atomic mass is 35.5. The van der Waals surface area contributed by atoms with E-state index in [0.717, 1.165) is 11.1 Å². The average molecular weight is 373 g/mol. The monoisotopic (exact) mass is 372 g/mol. The number of rotatable bonds is 5. The number of H-pyrrole nitrogens is 1. The lowest BCUT2D eigenvalue weighted by atomic mass is 10.0. The van der Waals surface area contributed by atoms with Crippen LogP contribution in [0.2, 0.25) is 5.02 Å². The van der Waals surface area contributed by atoms with Gasteiger partial charge in [0, 0.05) is 11.6 Å². The first-order valence-corrected chi connectivity index (χ1v) is 8.80. The fourth-order valence-corrected chi connectivity index (χ4v) is 3.00. The van der Waals surface area contributed by atoms with Crippen LogP contribution in [0.25, 0.3) is 11.1 Å². The summed E-state index contributed by atoms with van der Waals surface area (Å²) in [5, 5.41) is 21.6. The van der Waals surface area contributed by atoms with Crippen LogP contribution in [0.4, 0.5) is 0 Å². The first kappa shape index (κ1) is 18.3. The number of aromatic hydroxyl groups is 1. The van der Waals surface area contributed by atoms with Gasteiger partial charge in [-0.2, -0.15) is 0 Å². The summed E-state index contributed by atoms with van der Waals surface area (Å²) >= 11 is 5.91. The van der Waals surface area contributed by atoms with Gasteiger partial charge in [0.1, 0.15) is 11.8 Å². The molecule has 0 aliphatic rings. The molecule has 2 aromatic carbocycles. The van der Waals surface area contributed by atoms with E-state index in [2.05, 4.69) is 4.98 Å². The lowest BCUT2D eigenvalue weighted by Crippen LogP contribution is -2.19. The number of halogens is 1. The second kappa shape index (κ2) is 7.40. The summed E-state index contributed by atoms with van der Waals surface area (Å²) < 4.78 is 1.24. The third kappa shape index (κ3) is 3.69. The van der Waals surface area contributed by atoms with Gasteiger partial charge in [0.15, 0.2) is 0 Å². The molecule has 0 saturated heterocycles. The topological polar surface area (TPSA) is 78.2 Å². The SMILES string of the molecule is CC(C)Cn1c(O)c(C(O)c2ccc(-c3ccc(Cl)cc3)cc2)[nH]c1=O. The van der Waals surface area contributed by atoms with Crippen LogP contribution >= 0.6 is 11.6 Å². The molecule has 6 heteroatoms. The molecule has 0 fully saturated rings. The maximum Gasteiger partial charge on any atom is 0.328 e. The van der Waals surface area contributed by atoms with Crippen LogP contribution in [-0.2, 0) is 6.54 Å². The highest BCUT2D eigenvalue weighted by Gasteiger charge is 2.21. The third-order valence-corrected chi connectivity index (χ3v) is 4.46. The van der Waals surface area contributed by atoms with Gasteiger partial charge >= 0.3 is 5.69 Å². The summed E-state index contributed by atoms with van der Waals surface area (Å²) in [7, 11) is 0. The molecular formula is C20H21ClN2O3. The normalized spacial score (nSPS) is 12.5. The molecule has 5 nitrogen and oxygen atoms in total. The second-order valence-corrected chi connectivity index (χ2v) is 7.14. The van der Waals surface area contributed by atoms with Gasteiger partial charge in [-0.3, -0.25) is 4.57 Å². The molecule has 3 N–H and O–H groups in total. The molecule has 1 atom stereocenters. The summed E-state index contributed by atoms with van der Waals surface area (Å²) in [6, 6.07) is 14.8. The molecule has 0 aliphatic heterocycles. The van der Waals surface area contributed by atoms with Gasteiger partial charge in [-0.1, -0.05) is 61.8 Å². The Bertz CT molecular complexity index is 941. The second-order valence-electron chi connectivity index (χ2n) is 6.70. The van der Waals surface area contributed by atoms with Gasteiger partial charge < -0.3 is 15.2 Å². The predicted octanol–water partition coefficient (Wildman–Crippen LogP) is 3.94. The van der Waals surface area contributed by atoms with Crippen LogP contribution in [0, 0.1) is 5.92 Å². The van der Waals surface area contributed by atoms with E-state index in [4.69, 9.17) is 11.6 Å². The van der Waals surface area contributed by atoms with E-state index in [1.807, 2.05) is 50.2 Å². The molecule has 0 bridgehead atoms. The van der Waals surface area contributed by atoms with Gasteiger partial charge in [-0.15, -0.1) is 0 Å². The first-order chi connectivity index (χ1) is 12.4. The highest BCUT2D eigenvalue weighted by Crippen LogP contribution is 2.29. The molecule has 0 radical (unpaired) electrons. The number of nitrogens with zero attached hydrogens (tertiary/aromatic N) is 1. The van der Waals surface area contributed by atoms with Crippen LogP contribution in [0.15, 0.2) is 53.3 Å². The molecule has 0 spiro atoms. The molecule has 1 heterocycles. The van der Waals surface area contributed by atoms with Crippen molar-refractivity contribution in [3.05, 3.63) is 75.3 Å². The van der Waals surface area contributed by atoms with E-state index >= 15 is 0 Å². The number of imidazole rings is 1. The van der Waals surface area contributed by atoms with Crippen molar-refractivity contribution >= 4 is 11.6 Å². The van der Waals surface area contributed by atoms with Crippen LogP contribution < -0.4 is 5.69 Å². The smallest absolute Gasteiger partial charge is 0.328 e. The minimum atomic E-state index is -1.12. The van der Waals surface area contributed by atoms with Gasteiger partial charge in [0.2, 0.25) is 5.88 Å². The summed E-state index contributed by atoms with van der Waals surface area (Å²) in [5.74, 6) is -0.0315. The Labute approximate surface area is 156 Å². The van der Waals surface area contributed by atoms with E-state index in [0.29, 0.717) is 17.1 Å². The maximum absolute atomic E-state index is 12.0. The lowest BCUT2D eigenvalue weighted by Gasteiger charge is -2.12. The van der Waals surface area contributed by atoms with E-state index in [1.54, 1.807) is 12.1 Å². The maximum atomic E-state index is 12.0. The largest absolute Gasteiger partial charge is 0.493 e. The Morgan fingerprint density at radius 1 is 1.04 bits per heavy atom. The summed E-state index contributed by atoms with van der Waals surface area (Å²) in [5.41, 5.74) is 2.25. The van der Waals surface area contributed by atoms with Gasteiger partial charge in [0.25, 0.3) is 0 Å². The van der Waals surface area contributed by atoms with E-state index in [1.165, 1.54) is 4.57 Å². The molecule has 3 rings (SSSR count). The van der Waals surface area contributed by atoms with E-state index in [-0.39, 0.29) is 17.5 Å².